The number of benzene rings is 1. The van der Waals surface area contributed by atoms with Crippen LogP contribution in [0.25, 0.3) is 10.6 Å². The van der Waals surface area contributed by atoms with Crippen molar-refractivity contribution in [2.45, 2.75) is 20.4 Å². The first kappa shape index (κ1) is 12.7. The lowest BCUT2D eigenvalue weighted by Crippen LogP contribution is -2.11. The molecule has 17 heavy (non-hydrogen) atoms. The largest absolute Gasteiger partial charge is 0.311 e. The van der Waals surface area contributed by atoms with Gasteiger partial charge in [-0.05, 0) is 25.1 Å². The molecule has 0 bridgehead atoms. The number of hydrogen-bond acceptors (Lipinski definition) is 4. The minimum Gasteiger partial charge on any atom is -0.311 e. The summed E-state index contributed by atoms with van der Waals surface area (Å²) in [6.45, 7) is 5.90. The predicted molar refractivity (Wildman–Crippen MR) is 75.2 cm³/mol. The highest BCUT2D eigenvalue weighted by atomic mass is 79.9. The Labute approximate surface area is 113 Å². The third-order valence-corrected chi connectivity index (χ3v) is 4.24. The van der Waals surface area contributed by atoms with Crippen molar-refractivity contribution >= 4 is 27.3 Å². The van der Waals surface area contributed by atoms with E-state index in [4.69, 9.17) is 0 Å². The van der Waals surface area contributed by atoms with Gasteiger partial charge in [-0.1, -0.05) is 46.3 Å². The zero-order valence-corrected chi connectivity index (χ0v) is 12.2. The highest BCUT2D eigenvalue weighted by Crippen LogP contribution is 2.27. The van der Waals surface area contributed by atoms with Crippen LogP contribution in [0.15, 0.2) is 22.7 Å². The Hall–Kier alpha value is -0.780. The quantitative estimate of drug-likeness (QED) is 0.940. The molecule has 0 saturated heterocycles. The van der Waals surface area contributed by atoms with Crippen LogP contribution in [-0.2, 0) is 6.54 Å². The first-order valence-corrected chi connectivity index (χ1v) is 7.11. The zero-order chi connectivity index (χ0) is 12.3. The van der Waals surface area contributed by atoms with E-state index in [2.05, 4.69) is 63.5 Å². The van der Waals surface area contributed by atoms with E-state index in [0.29, 0.717) is 0 Å². The molecule has 0 atom stereocenters. The van der Waals surface area contributed by atoms with Crippen molar-refractivity contribution < 1.29 is 0 Å². The molecule has 0 saturated carbocycles. The van der Waals surface area contributed by atoms with E-state index >= 15 is 0 Å². The van der Waals surface area contributed by atoms with Crippen LogP contribution in [0.2, 0.25) is 0 Å². The van der Waals surface area contributed by atoms with Crippen LogP contribution in [-0.4, -0.2) is 16.7 Å². The van der Waals surface area contributed by atoms with E-state index in [1.54, 1.807) is 11.3 Å². The number of nitrogens with one attached hydrogen (secondary N) is 1. The highest BCUT2D eigenvalue weighted by molar-refractivity contribution is 9.10. The van der Waals surface area contributed by atoms with Gasteiger partial charge in [0.2, 0.25) is 0 Å². The molecule has 5 heteroatoms. The smallest absolute Gasteiger partial charge is 0.147 e. The van der Waals surface area contributed by atoms with Crippen LogP contribution < -0.4 is 5.32 Å². The van der Waals surface area contributed by atoms with Crippen molar-refractivity contribution in [3.8, 4) is 10.6 Å². The number of hydrogen-bond donors (Lipinski definition) is 1. The van der Waals surface area contributed by atoms with Crippen LogP contribution in [0.1, 0.15) is 17.5 Å². The Morgan fingerprint density at radius 3 is 2.88 bits per heavy atom. The molecular formula is C12H14BrN3S. The number of aromatic nitrogens is 2. The van der Waals surface area contributed by atoms with Gasteiger partial charge in [-0.2, -0.15) is 0 Å². The second-order valence-corrected chi connectivity index (χ2v) is 5.66. The van der Waals surface area contributed by atoms with Gasteiger partial charge in [0.15, 0.2) is 0 Å². The van der Waals surface area contributed by atoms with Gasteiger partial charge in [-0.3, -0.25) is 0 Å². The van der Waals surface area contributed by atoms with Crippen molar-refractivity contribution in [2.24, 2.45) is 0 Å². The summed E-state index contributed by atoms with van der Waals surface area (Å²) < 4.78 is 1.11. The molecule has 90 valence electrons. The third-order valence-electron chi connectivity index (χ3n) is 2.41. The summed E-state index contributed by atoms with van der Waals surface area (Å²) in [7, 11) is 0. The summed E-state index contributed by atoms with van der Waals surface area (Å²) in [5.74, 6) is 0. The Morgan fingerprint density at radius 2 is 2.18 bits per heavy atom. The lowest BCUT2D eigenvalue weighted by Gasteiger charge is -1.99. The SMILES string of the molecule is CCNCc1nnc(-c2ccc(C)c(Br)c2)s1. The number of halogens is 1. The van der Waals surface area contributed by atoms with Crippen molar-refractivity contribution in [3.05, 3.63) is 33.2 Å². The fraction of sp³-hybridized carbons (Fsp3) is 0.333. The third kappa shape index (κ3) is 3.12. The second-order valence-electron chi connectivity index (χ2n) is 3.75. The average Bonchev–Trinajstić information content (AvgIpc) is 2.79. The average molecular weight is 312 g/mol. The predicted octanol–water partition coefficient (Wildman–Crippen LogP) is 3.39. The van der Waals surface area contributed by atoms with Gasteiger partial charge in [0.1, 0.15) is 10.0 Å². The van der Waals surface area contributed by atoms with Gasteiger partial charge >= 0.3 is 0 Å². The van der Waals surface area contributed by atoms with Gasteiger partial charge in [-0.15, -0.1) is 10.2 Å². The fourth-order valence-corrected chi connectivity index (χ4v) is 2.58. The van der Waals surface area contributed by atoms with E-state index in [1.165, 1.54) is 5.56 Å². The van der Waals surface area contributed by atoms with Crippen LogP contribution in [0.4, 0.5) is 0 Å². The van der Waals surface area contributed by atoms with E-state index in [-0.39, 0.29) is 0 Å². The first-order chi connectivity index (χ1) is 8.20. The normalized spacial score (nSPS) is 10.8. The molecule has 1 heterocycles. The lowest BCUT2D eigenvalue weighted by atomic mass is 10.2. The lowest BCUT2D eigenvalue weighted by molar-refractivity contribution is 0.715. The molecule has 0 unspecified atom stereocenters. The Morgan fingerprint density at radius 1 is 1.35 bits per heavy atom. The van der Waals surface area contributed by atoms with E-state index in [1.807, 2.05) is 0 Å². The molecule has 2 rings (SSSR count). The summed E-state index contributed by atoms with van der Waals surface area (Å²) in [5.41, 5.74) is 2.34. The molecule has 3 nitrogen and oxygen atoms in total. The fourth-order valence-electron chi connectivity index (χ4n) is 1.40. The molecule has 2 aromatic rings. The number of rotatable bonds is 4. The topological polar surface area (TPSA) is 37.8 Å². The van der Waals surface area contributed by atoms with Gasteiger partial charge in [0.05, 0.1) is 0 Å². The van der Waals surface area contributed by atoms with Crippen molar-refractivity contribution in [1.29, 1.82) is 0 Å². The van der Waals surface area contributed by atoms with Gasteiger partial charge < -0.3 is 5.32 Å². The van der Waals surface area contributed by atoms with Crippen LogP contribution in [0.3, 0.4) is 0 Å². The molecular weight excluding hydrogens is 298 g/mol. The monoisotopic (exact) mass is 311 g/mol. The molecule has 0 aliphatic heterocycles. The summed E-state index contributed by atoms with van der Waals surface area (Å²) in [5, 5.41) is 13.6. The Kier molecular flexibility index (Phi) is 4.25. The Balaban J connectivity index is 2.21. The van der Waals surface area contributed by atoms with Gasteiger partial charge in [0.25, 0.3) is 0 Å². The molecule has 1 aromatic carbocycles. The van der Waals surface area contributed by atoms with E-state index < -0.39 is 0 Å². The zero-order valence-electron chi connectivity index (χ0n) is 9.83. The van der Waals surface area contributed by atoms with Crippen molar-refractivity contribution in [2.75, 3.05) is 6.54 Å². The van der Waals surface area contributed by atoms with Gasteiger partial charge in [-0.25, -0.2) is 0 Å². The first-order valence-electron chi connectivity index (χ1n) is 5.50. The molecule has 0 spiro atoms. The molecule has 0 amide bonds. The molecule has 1 N–H and O–H groups in total. The molecule has 0 fully saturated rings. The molecule has 0 aliphatic carbocycles. The van der Waals surface area contributed by atoms with E-state index in [9.17, 15) is 0 Å². The maximum Gasteiger partial charge on any atom is 0.147 e. The molecule has 0 aliphatic rings. The maximum atomic E-state index is 4.22. The standard InChI is InChI=1S/C12H14BrN3S/c1-3-14-7-11-15-16-12(17-11)9-5-4-8(2)10(13)6-9/h4-6,14H,3,7H2,1-2H3. The Bertz CT molecular complexity index is 510. The van der Waals surface area contributed by atoms with Crippen LogP contribution in [0.5, 0.6) is 0 Å². The summed E-state index contributed by atoms with van der Waals surface area (Å²) >= 11 is 5.17. The number of aryl methyl sites for hydroxylation is 1. The van der Waals surface area contributed by atoms with Gasteiger partial charge in [0, 0.05) is 16.6 Å². The maximum absolute atomic E-state index is 4.22. The van der Waals surface area contributed by atoms with Crippen LogP contribution in [0, 0.1) is 6.92 Å². The van der Waals surface area contributed by atoms with Crippen molar-refractivity contribution in [1.82, 2.24) is 15.5 Å². The molecule has 0 radical (unpaired) electrons. The summed E-state index contributed by atoms with van der Waals surface area (Å²) in [4.78, 5) is 0. The van der Waals surface area contributed by atoms with E-state index in [0.717, 1.165) is 33.1 Å². The van der Waals surface area contributed by atoms with Crippen LogP contribution >= 0.6 is 27.3 Å². The minimum atomic E-state index is 0.793. The highest BCUT2D eigenvalue weighted by Gasteiger charge is 2.07. The van der Waals surface area contributed by atoms with Crippen molar-refractivity contribution in [3.63, 3.8) is 0 Å². The summed E-state index contributed by atoms with van der Waals surface area (Å²) in [6.07, 6.45) is 0. The minimum absolute atomic E-state index is 0.793. The summed E-state index contributed by atoms with van der Waals surface area (Å²) in [6, 6.07) is 6.26. The molecule has 1 aromatic heterocycles. The number of nitrogens with zero attached hydrogens (tertiary/aromatic N) is 2. The second kappa shape index (κ2) is 5.71.